The third-order valence-corrected chi connectivity index (χ3v) is 6.50. The number of nitrogens with zero attached hydrogens (tertiary/aromatic N) is 1. The van der Waals surface area contributed by atoms with Crippen molar-refractivity contribution in [2.45, 2.75) is 29.9 Å². The van der Waals surface area contributed by atoms with Gasteiger partial charge in [-0.2, -0.15) is 16.1 Å². The number of Topliss-reactive ketones (excluding diaryl/α,β-unsaturated/α-hetero) is 1. The number of piperidine rings is 1. The van der Waals surface area contributed by atoms with Crippen molar-refractivity contribution in [2.75, 3.05) is 19.3 Å². The van der Waals surface area contributed by atoms with Crippen LogP contribution in [0.15, 0.2) is 29.2 Å². The van der Waals surface area contributed by atoms with Crippen LogP contribution in [0.4, 0.5) is 0 Å². The van der Waals surface area contributed by atoms with Crippen LogP contribution >= 0.6 is 11.8 Å². The van der Waals surface area contributed by atoms with Crippen LogP contribution in [0, 0.1) is 0 Å². The Morgan fingerprint density at radius 1 is 1.30 bits per heavy atom. The molecule has 1 unspecified atom stereocenters. The molecule has 20 heavy (non-hydrogen) atoms. The Morgan fingerprint density at radius 3 is 2.50 bits per heavy atom. The molecule has 0 aliphatic carbocycles. The number of carbonyl (C=O) groups excluding carboxylic acids is 1. The van der Waals surface area contributed by atoms with Gasteiger partial charge in [0.2, 0.25) is 10.0 Å². The molecule has 1 fully saturated rings. The van der Waals surface area contributed by atoms with Gasteiger partial charge < -0.3 is 0 Å². The van der Waals surface area contributed by atoms with Gasteiger partial charge in [0.15, 0.2) is 5.78 Å². The van der Waals surface area contributed by atoms with E-state index in [0.29, 0.717) is 23.9 Å². The van der Waals surface area contributed by atoms with Gasteiger partial charge in [0, 0.05) is 23.9 Å². The Labute approximate surface area is 124 Å². The molecule has 0 aromatic heterocycles. The first-order valence-corrected chi connectivity index (χ1v) is 9.32. The van der Waals surface area contributed by atoms with Crippen LogP contribution in [0.5, 0.6) is 0 Å². The average Bonchev–Trinajstić information content (AvgIpc) is 2.47. The third kappa shape index (κ3) is 3.24. The fraction of sp³-hybridized carbons (Fsp3) is 0.500. The summed E-state index contributed by atoms with van der Waals surface area (Å²) in [5.74, 6) is -0.0608. The van der Waals surface area contributed by atoms with Crippen molar-refractivity contribution in [1.82, 2.24) is 4.31 Å². The third-order valence-electron chi connectivity index (χ3n) is 3.57. The number of carbonyl (C=O) groups is 1. The SMILES string of the molecule is CSC1CCCN(S(=O)(=O)c2ccc(C(C)=O)cc2)C1. The van der Waals surface area contributed by atoms with Crippen molar-refractivity contribution in [3.05, 3.63) is 29.8 Å². The Morgan fingerprint density at radius 2 is 1.95 bits per heavy atom. The van der Waals surface area contributed by atoms with E-state index in [-0.39, 0.29) is 10.7 Å². The number of ketones is 1. The quantitative estimate of drug-likeness (QED) is 0.801. The molecule has 0 N–H and O–H groups in total. The smallest absolute Gasteiger partial charge is 0.243 e. The fourth-order valence-electron chi connectivity index (χ4n) is 2.33. The van der Waals surface area contributed by atoms with E-state index in [2.05, 4.69) is 0 Å². The van der Waals surface area contributed by atoms with Crippen molar-refractivity contribution >= 4 is 27.6 Å². The van der Waals surface area contributed by atoms with E-state index in [9.17, 15) is 13.2 Å². The van der Waals surface area contributed by atoms with Crippen molar-refractivity contribution in [1.29, 1.82) is 0 Å². The molecule has 0 bridgehead atoms. The molecule has 0 saturated carbocycles. The molecule has 1 aromatic carbocycles. The van der Waals surface area contributed by atoms with Gasteiger partial charge in [-0.3, -0.25) is 4.79 Å². The van der Waals surface area contributed by atoms with E-state index in [1.54, 1.807) is 28.2 Å². The molecule has 1 saturated heterocycles. The van der Waals surface area contributed by atoms with Crippen LogP contribution < -0.4 is 0 Å². The van der Waals surface area contributed by atoms with Crippen LogP contribution in [-0.2, 0) is 10.0 Å². The predicted octanol–water partition coefficient (Wildman–Crippen LogP) is 2.41. The van der Waals surface area contributed by atoms with Gasteiger partial charge in [-0.15, -0.1) is 0 Å². The Bertz CT molecular complexity index is 581. The molecule has 0 amide bonds. The number of hydrogen-bond donors (Lipinski definition) is 0. The Kier molecular flexibility index (Phi) is 4.88. The van der Waals surface area contributed by atoms with Crippen LogP contribution in [0.25, 0.3) is 0 Å². The van der Waals surface area contributed by atoms with E-state index in [1.165, 1.54) is 19.1 Å². The van der Waals surface area contributed by atoms with Gasteiger partial charge in [-0.05, 0) is 38.2 Å². The highest BCUT2D eigenvalue weighted by atomic mass is 32.2. The van der Waals surface area contributed by atoms with Crippen molar-refractivity contribution in [3.8, 4) is 0 Å². The molecule has 0 spiro atoms. The van der Waals surface area contributed by atoms with E-state index >= 15 is 0 Å². The lowest BCUT2D eigenvalue weighted by molar-refractivity contribution is 0.101. The van der Waals surface area contributed by atoms with Gasteiger partial charge in [0.25, 0.3) is 0 Å². The maximum absolute atomic E-state index is 12.6. The molecule has 6 heteroatoms. The first-order valence-electron chi connectivity index (χ1n) is 6.59. The zero-order valence-electron chi connectivity index (χ0n) is 11.7. The fourth-order valence-corrected chi connectivity index (χ4v) is 4.68. The second-order valence-corrected chi connectivity index (χ2v) is 8.02. The summed E-state index contributed by atoms with van der Waals surface area (Å²) in [6.45, 7) is 2.61. The summed E-state index contributed by atoms with van der Waals surface area (Å²) in [6.07, 6.45) is 3.98. The highest BCUT2D eigenvalue weighted by molar-refractivity contribution is 7.99. The molecule has 1 aliphatic rings. The summed E-state index contributed by atoms with van der Waals surface area (Å²) < 4.78 is 26.7. The molecule has 1 aromatic rings. The highest BCUT2D eigenvalue weighted by Crippen LogP contribution is 2.25. The van der Waals surface area contributed by atoms with Crippen LogP contribution in [0.2, 0.25) is 0 Å². The summed E-state index contributed by atoms with van der Waals surface area (Å²) in [6, 6.07) is 6.19. The van der Waals surface area contributed by atoms with Crippen molar-refractivity contribution in [2.24, 2.45) is 0 Å². The minimum atomic E-state index is -3.44. The van der Waals surface area contributed by atoms with Gasteiger partial charge >= 0.3 is 0 Å². The van der Waals surface area contributed by atoms with Crippen LogP contribution in [0.1, 0.15) is 30.1 Å². The zero-order chi connectivity index (χ0) is 14.8. The van der Waals surface area contributed by atoms with Crippen LogP contribution in [-0.4, -0.2) is 43.1 Å². The summed E-state index contributed by atoms with van der Waals surface area (Å²) in [7, 11) is -3.44. The Balaban J connectivity index is 2.23. The summed E-state index contributed by atoms with van der Waals surface area (Å²) in [4.78, 5) is 11.5. The summed E-state index contributed by atoms with van der Waals surface area (Å²) in [5.41, 5.74) is 0.532. The molecule has 4 nitrogen and oxygen atoms in total. The second-order valence-electron chi connectivity index (χ2n) is 4.94. The lowest BCUT2D eigenvalue weighted by Crippen LogP contribution is -2.40. The molecular weight excluding hydrogens is 294 g/mol. The summed E-state index contributed by atoms with van der Waals surface area (Å²) >= 11 is 1.72. The largest absolute Gasteiger partial charge is 0.295 e. The monoisotopic (exact) mass is 313 g/mol. The highest BCUT2D eigenvalue weighted by Gasteiger charge is 2.29. The summed E-state index contributed by atoms with van der Waals surface area (Å²) in [5, 5.41) is 0.370. The number of sulfonamides is 1. The standard InChI is InChI=1S/C14H19NO3S2/c1-11(16)12-5-7-14(8-6-12)20(17,18)15-9-3-4-13(10-15)19-2/h5-8,13H,3-4,9-10H2,1-2H3. The number of hydrogen-bond acceptors (Lipinski definition) is 4. The first-order chi connectivity index (χ1) is 9.45. The number of benzene rings is 1. The van der Waals surface area contributed by atoms with Crippen LogP contribution in [0.3, 0.4) is 0 Å². The first kappa shape index (κ1) is 15.5. The van der Waals surface area contributed by atoms with Gasteiger partial charge in [0.05, 0.1) is 4.90 Å². The lowest BCUT2D eigenvalue weighted by Gasteiger charge is -2.31. The Hall–Kier alpha value is -0.850. The predicted molar refractivity (Wildman–Crippen MR) is 81.7 cm³/mol. The maximum Gasteiger partial charge on any atom is 0.243 e. The normalized spacial score (nSPS) is 20.8. The lowest BCUT2D eigenvalue weighted by atomic mass is 10.2. The average molecular weight is 313 g/mol. The molecule has 110 valence electrons. The molecular formula is C14H19NO3S2. The minimum absolute atomic E-state index is 0.0608. The minimum Gasteiger partial charge on any atom is -0.295 e. The number of thioether (sulfide) groups is 1. The molecule has 1 heterocycles. The number of rotatable bonds is 4. The van der Waals surface area contributed by atoms with Gasteiger partial charge in [0.1, 0.15) is 0 Å². The topological polar surface area (TPSA) is 54.5 Å². The van der Waals surface area contributed by atoms with Gasteiger partial charge in [-0.25, -0.2) is 8.42 Å². The van der Waals surface area contributed by atoms with E-state index in [4.69, 9.17) is 0 Å². The van der Waals surface area contributed by atoms with Gasteiger partial charge in [-0.1, -0.05) is 12.1 Å². The van der Waals surface area contributed by atoms with E-state index < -0.39 is 10.0 Å². The molecule has 1 aliphatic heterocycles. The molecule has 0 radical (unpaired) electrons. The van der Waals surface area contributed by atoms with E-state index in [1.807, 2.05) is 6.26 Å². The maximum atomic E-state index is 12.6. The molecule has 1 atom stereocenters. The van der Waals surface area contributed by atoms with Crippen molar-refractivity contribution < 1.29 is 13.2 Å². The molecule has 2 rings (SSSR count). The second kappa shape index (κ2) is 6.28. The van der Waals surface area contributed by atoms with E-state index in [0.717, 1.165) is 12.8 Å². The van der Waals surface area contributed by atoms with Crippen molar-refractivity contribution in [3.63, 3.8) is 0 Å². The zero-order valence-corrected chi connectivity index (χ0v) is 13.3.